The molecule has 29 heavy (non-hydrogen) atoms. The number of nitrogens with zero attached hydrogens (tertiary/aromatic N) is 4. The SMILES string of the molecule is CCNC(=NCCCc1ccc(OC)c(OC)c1)NCCn1cnnc1CC.I. The van der Waals surface area contributed by atoms with Crippen LogP contribution in [0.3, 0.4) is 0 Å². The number of nitrogens with one attached hydrogen (secondary N) is 2. The number of methoxy groups -OCH3 is 2. The number of guanidine groups is 1. The second-order valence-electron chi connectivity index (χ2n) is 6.27. The Hall–Kier alpha value is -2.04. The summed E-state index contributed by atoms with van der Waals surface area (Å²) in [6, 6.07) is 6.04. The number of aliphatic imine (C=N–C) groups is 1. The van der Waals surface area contributed by atoms with E-state index in [-0.39, 0.29) is 24.0 Å². The zero-order chi connectivity index (χ0) is 20.2. The standard InChI is InChI=1S/C20H32N6O2.HI/c1-5-19-25-24-15-26(19)13-12-23-20(21-6-2)22-11-7-8-16-9-10-17(27-3)18(14-16)28-4;/h9-10,14-15H,5-8,11-13H2,1-4H3,(H2,21,22,23);1H. The lowest BCUT2D eigenvalue weighted by Crippen LogP contribution is -2.39. The number of halogens is 1. The van der Waals surface area contributed by atoms with Crippen LogP contribution in [0.4, 0.5) is 0 Å². The first-order valence-corrected chi connectivity index (χ1v) is 9.81. The summed E-state index contributed by atoms with van der Waals surface area (Å²) in [7, 11) is 3.30. The van der Waals surface area contributed by atoms with Crippen LogP contribution in [0.2, 0.25) is 0 Å². The number of hydrogen-bond donors (Lipinski definition) is 2. The zero-order valence-corrected chi connectivity index (χ0v) is 20.1. The first kappa shape index (κ1) is 25.0. The van der Waals surface area contributed by atoms with E-state index < -0.39 is 0 Å². The quantitative estimate of drug-likeness (QED) is 0.207. The molecule has 0 fully saturated rings. The van der Waals surface area contributed by atoms with Crippen LogP contribution in [0, 0.1) is 0 Å². The molecule has 162 valence electrons. The summed E-state index contributed by atoms with van der Waals surface area (Å²) >= 11 is 0. The number of aryl methyl sites for hydroxylation is 2. The van der Waals surface area contributed by atoms with Crippen molar-refractivity contribution >= 4 is 29.9 Å². The topological polar surface area (TPSA) is 85.6 Å². The predicted molar refractivity (Wildman–Crippen MR) is 127 cm³/mol. The molecule has 2 rings (SSSR count). The van der Waals surface area contributed by atoms with Gasteiger partial charge in [0.2, 0.25) is 0 Å². The van der Waals surface area contributed by atoms with Gasteiger partial charge in [-0.2, -0.15) is 0 Å². The lowest BCUT2D eigenvalue weighted by molar-refractivity contribution is 0.354. The number of ether oxygens (including phenoxy) is 2. The largest absolute Gasteiger partial charge is 0.493 e. The fourth-order valence-corrected chi connectivity index (χ4v) is 2.89. The highest BCUT2D eigenvalue weighted by molar-refractivity contribution is 14.0. The summed E-state index contributed by atoms with van der Waals surface area (Å²) in [5.74, 6) is 3.35. The van der Waals surface area contributed by atoms with Crippen molar-refractivity contribution in [1.29, 1.82) is 0 Å². The maximum Gasteiger partial charge on any atom is 0.191 e. The maximum atomic E-state index is 5.36. The third kappa shape index (κ3) is 8.08. The minimum atomic E-state index is 0. The van der Waals surface area contributed by atoms with E-state index in [0.29, 0.717) is 0 Å². The Labute approximate surface area is 190 Å². The third-order valence-corrected chi connectivity index (χ3v) is 4.34. The van der Waals surface area contributed by atoms with Crippen LogP contribution >= 0.6 is 24.0 Å². The van der Waals surface area contributed by atoms with Gasteiger partial charge in [-0.05, 0) is 37.5 Å². The van der Waals surface area contributed by atoms with Crippen molar-refractivity contribution in [3.05, 3.63) is 35.9 Å². The summed E-state index contributed by atoms with van der Waals surface area (Å²) in [5, 5.41) is 14.7. The van der Waals surface area contributed by atoms with E-state index >= 15 is 0 Å². The van der Waals surface area contributed by atoms with Gasteiger partial charge in [-0.25, -0.2) is 0 Å². The van der Waals surface area contributed by atoms with Crippen molar-refractivity contribution in [3.8, 4) is 11.5 Å². The Bertz CT molecular complexity index is 750. The van der Waals surface area contributed by atoms with E-state index in [4.69, 9.17) is 9.47 Å². The molecule has 0 aliphatic carbocycles. The lowest BCUT2D eigenvalue weighted by Gasteiger charge is -2.12. The molecule has 0 radical (unpaired) electrons. The van der Waals surface area contributed by atoms with Gasteiger partial charge in [-0.15, -0.1) is 34.2 Å². The molecule has 9 heteroatoms. The normalized spacial score (nSPS) is 11.0. The molecule has 0 spiro atoms. The Balaban J connectivity index is 0.00000420. The van der Waals surface area contributed by atoms with Gasteiger partial charge in [0.1, 0.15) is 12.2 Å². The highest BCUT2D eigenvalue weighted by Crippen LogP contribution is 2.27. The van der Waals surface area contributed by atoms with Gasteiger partial charge in [0, 0.05) is 32.6 Å². The van der Waals surface area contributed by atoms with Gasteiger partial charge in [-0.3, -0.25) is 4.99 Å². The Morgan fingerprint density at radius 2 is 1.93 bits per heavy atom. The first-order chi connectivity index (χ1) is 13.7. The first-order valence-electron chi connectivity index (χ1n) is 9.81. The molecule has 1 aromatic heterocycles. The molecule has 0 unspecified atom stereocenters. The van der Waals surface area contributed by atoms with Gasteiger partial charge in [0.25, 0.3) is 0 Å². The minimum absolute atomic E-state index is 0. The summed E-state index contributed by atoms with van der Waals surface area (Å²) < 4.78 is 12.7. The van der Waals surface area contributed by atoms with E-state index in [1.54, 1.807) is 20.5 Å². The molecule has 1 aromatic carbocycles. The molecule has 2 N–H and O–H groups in total. The average Bonchev–Trinajstić information content (AvgIpc) is 3.18. The molecule has 1 heterocycles. The number of rotatable bonds is 11. The summed E-state index contributed by atoms with van der Waals surface area (Å²) in [6.45, 7) is 7.30. The van der Waals surface area contributed by atoms with Crippen LogP contribution < -0.4 is 20.1 Å². The average molecular weight is 516 g/mol. The van der Waals surface area contributed by atoms with Crippen LogP contribution in [0.15, 0.2) is 29.5 Å². The minimum Gasteiger partial charge on any atom is -0.493 e. The van der Waals surface area contributed by atoms with Crippen molar-refractivity contribution < 1.29 is 9.47 Å². The van der Waals surface area contributed by atoms with Gasteiger partial charge < -0.3 is 24.7 Å². The second-order valence-corrected chi connectivity index (χ2v) is 6.27. The van der Waals surface area contributed by atoms with Crippen LogP contribution in [0.25, 0.3) is 0 Å². The van der Waals surface area contributed by atoms with E-state index in [1.807, 2.05) is 12.1 Å². The number of aromatic nitrogens is 3. The summed E-state index contributed by atoms with van der Waals surface area (Å²) in [6.07, 6.45) is 4.54. The van der Waals surface area contributed by atoms with Crippen LogP contribution in [0.5, 0.6) is 11.5 Å². The maximum absolute atomic E-state index is 5.36. The Kier molecular flexibility index (Phi) is 12.1. The monoisotopic (exact) mass is 516 g/mol. The fraction of sp³-hybridized carbons (Fsp3) is 0.550. The van der Waals surface area contributed by atoms with Crippen molar-refractivity contribution in [3.63, 3.8) is 0 Å². The van der Waals surface area contributed by atoms with Crippen molar-refractivity contribution in [1.82, 2.24) is 25.4 Å². The van der Waals surface area contributed by atoms with Crippen LogP contribution in [0.1, 0.15) is 31.7 Å². The highest BCUT2D eigenvalue weighted by atomic mass is 127. The molecule has 0 bridgehead atoms. The smallest absolute Gasteiger partial charge is 0.191 e. The Morgan fingerprint density at radius 1 is 1.14 bits per heavy atom. The van der Waals surface area contributed by atoms with Crippen molar-refractivity contribution in [2.24, 2.45) is 4.99 Å². The molecule has 8 nitrogen and oxygen atoms in total. The fourth-order valence-electron chi connectivity index (χ4n) is 2.89. The van der Waals surface area contributed by atoms with E-state index in [0.717, 1.165) is 68.7 Å². The van der Waals surface area contributed by atoms with E-state index in [1.165, 1.54) is 5.56 Å². The van der Waals surface area contributed by atoms with Gasteiger partial charge >= 0.3 is 0 Å². The van der Waals surface area contributed by atoms with Gasteiger partial charge in [-0.1, -0.05) is 13.0 Å². The molecule has 0 saturated carbocycles. The molecular weight excluding hydrogens is 483 g/mol. The highest BCUT2D eigenvalue weighted by Gasteiger charge is 2.05. The Morgan fingerprint density at radius 3 is 2.62 bits per heavy atom. The summed E-state index contributed by atoms with van der Waals surface area (Å²) in [5.41, 5.74) is 1.21. The van der Waals surface area contributed by atoms with Crippen LogP contribution in [-0.4, -0.2) is 54.6 Å². The molecule has 0 amide bonds. The van der Waals surface area contributed by atoms with Crippen molar-refractivity contribution in [2.75, 3.05) is 33.9 Å². The predicted octanol–water partition coefficient (Wildman–Crippen LogP) is 2.66. The molecule has 0 aliphatic rings. The van der Waals surface area contributed by atoms with Crippen LogP contribution in [-0.2, 0) is 19.4 Å². The molecule has 0 aliphatic heterocycles. The van der Waals surface area contributed by atoms with E-state index in [2.05, 4.69) is 50.3 Å². The lowest BCUT2D eigenvalue weighted by atomic mass is 10.1. The summed E-state index contributed by atoms with van der Waals surface area (Å²) in [4.78, 5) is 4.66. The molecular formula is C20H33IN6O2. The van der Waals surface area contributed by atoms with E-state index in [9.17, 15) is 0 Å². The zero-order valence-electron chi connectivity index (χ0n) is 17.8. The molecule has 2 aromatic rings. The molecule has 0 atom stereocenters. The third-order valence-electron chi connectivity index (χ3n) is 4.34. The van der Waals surface area contributed by atoms with Gasteiger partial charge in [0.15, 0.2) is 17.5 Å². The second kappa shape index (κ2) is 14.0. The van der Waals surface area contributed by atoms with Crippen molar-refractivity contribution in [2.45, 2.75) is 39.7 Å². The number of hydrogen-bond acceptors (Lipinski definition) is 5. The number of benzene rings is 1. The molecule has 0 saturated heterocycles. The van der Waals surface area contributed by atoms with Gasteiger partial charge in [0.05, 0.1) is 14.2 Å².